The van der Waals surface area contributed by atoms with Crippen molar-refractivity contribution in [3.8, 4) is 23.3 Å². The van der Waals surface area contributed by atoms with Crippen LogP contribution in [0.3, 0.4) is 0 Å². The van der Waals surface area contributed by atoms with Gasteiger partial charge in [-0.3, -0.25) is 4.79 Å². The molecule has 1 N–H and O–H groups in total. The standard InChI is InChI=1S/C24H17F3N2O5/c25-24(26,27)17-2-1-3-18(10-17)31-13-20-6-5-19(34-20)9-16(11-28)23(30)29-12-15-4-7-21-22(8-15)33-14-32-21/h1-10H,12-14H2,(H,29,30)/b16-9+. The van der Waals surface area contributed by atoms with Gasteiger partial charge in [-0.15, -0.1) is 0 Å². The summed E-state index contributed by atoms with van der Waals surface area (Å²) in [6, 6.07) is 14.6. The van der Waals surface area contributed by atoms with Crippen molar-refractivity contribution < 1.29 is 36.6 Å². The summed E-state index contributed by atoms with van der Waals surface area (Å²) in [5, 5.41) is 12.0. The summed E-state index contributed by atoms with van der Waals surface area (Å²) >= 11 is 0. The third-order valence-corrected chi connectivity index (χ3v) is 4.77. The first-order chi connectivity index (χ1) is 16.3. The summed E-state index contributed by atoms with van der Waals surface area (Å²) in [4.78, 5) is 12.4. The van der Waals surface area contributed by atoms with Crippen LogP contribution in [0.1, 0.15) is 22.6 Å². The minimum absolute atomic E-state index is 0.0314. The summed E-state index contributed by atoms with van der Waals surface area (Å²) in [5.74, 6) is 1.16. The van der Waals surface area contributed by atoms with E-state index < -0.39 is 17.6 Å². The molecule has 7 nitrogen and oxygen atoms in total. The predicted molar refractivity (Wildman–Crippen MR) is 112 cm³/mol. The number of nitrogens with one attached hydrogen (secondary N) is 1. The second-order valence-electron chi connectivity index (χ2n) is 7.16. The molecule has 1 aliphatic rings. The van der Waals surface area contributed by atoms with E-state index in [1.807, 2.05) is 6.07 Å². The SMILES string of the molecule is N#C/C(=C\c1ccc(COc2cccc(C(F)(F)F)c2)o1)C(=O)NCc1ccc2c(c1)OCO2. The fraction of sp³-hybridized carbons (Fsp3) is 0.167. The largest absolute Gasteiger partial charge is 0.486 e. The van der Waals surface area contributed by atoms with E-state index in [0.29, 0.717) is 17.3 Å². The van der Waals surface area contributed by atoms with Crippen LogP contribution in [0.25, 0.3) is 6.08 Å². The lowest BCUT2D eigenvalue weighted by atomic mass is 10.2. The summed E-state index contributed by atoms with van der Waals surface area (Å²) in [6.45, 7) is 0.179. The molecule has 10 heteroatoms. The number of hydrogen-bond donors (Lipinski definition) is 1. The van der Waals surface area contributed by atoms with Crippen molar-refractivity contribution in [1.82, 2.24) is 5.32 Å². The second-order valence-corrected chi connectivity index (χ2v) is 7.16. The Kier molecular flexibility index (Phi) is 6.45. The first kappa shape index (κ1) is 22.8. The van der Waals surface area contributed by atoms with Crippen LogP contribution in [0.5, 0.6) is 17.2 Å². The molecule has 0 saturated carbocycles. The molecule has 0 radical (unpaired) electrons. The van der Waals surface area contributed by atoms with Crippen molar-refractivity contribution in [3.05, 3.63) is 82.8 Å². The van der Waals surface area contributed by atoms with Crippen molar-refractivity contribution in [3.63, 3.8) is 0 Å². The maximum atomic E-state index is 12.8. The average Bonchev–Trinajstić information content (AvgIpc) is 3.48. The number of ether oxygens (including phenoxy) is 3. The predicted octanol–water partition coefficient (Wildman–Crippen LogP) is 4.83. The van der Waals surface area contributed by atoms with Gasteiger partial charge in [0.05, 0.1) is 5.56 Å². The molecule has 34 heavy (non-hydrogen) atoms. The van der Waals surface area contributed by atoms with Crippen molar-refractivity contribution in [2.24, 2.45) is 0 Å². The zero-order chi connectivity index (χ0) is 24.1. The average molecular weight is 470 g/mol. The zero-order valence-electron chi connectivity index (χ0n) is 17.5. The van der Waals surface area contributed by atoms with Gasteiger partial charge in [0.15, 0.2) is 11.5 Å². The van der Waals surface area contributed by atoms with E-state index >= 15 is 0 Å². The Morgan fingerprint density at radius 1 is 1.12 bits per heavy atom. The molecule has 1 aromatic heterocycles. The number of alkyl halides is 3. The molecule has 0 atom stereocenters. The van der Waals surface area contributed by atoms with Gasteiger partial charge in [-0.1, -0.05) is 12.1 Å². The van der Waals surface area contributed by atoms with E-state index in [1.165, 1.54) is 24.3 Å². The molecule has 0 fully saturated rings. The molecule has 1 amide bonds. The third kappa shape index (κ3) is 5.50. The smallest absolute Gasteiger partial charge is 0.416 e. The molecule has 0 bridgehead atoms. The Morgan fingerprint density at radius 3 is 2.74 bits per heavy atom. The van der Waals surface area contributed by atoms with Gasteiger partial charge >= 0.3 is 6.18 Å². The maximum absolute atomic E-state index is 12.8. The second kappa shape index (κ2) is 9.62. The lowest BCUT2D eigenvalue weighted by Crippen LogP contribution is -2.23. The van der Waals surface area contributed by atoms with Crippen molar-refractivity contribution >= 4 is 12.0 Å². The zero-order valence-corrected chi connectivity index (χ0v) is 17.5. The number of nitrogens with zero attached hydrogens (tertiary/aromatic N) is 1. The Morgan fingerprint density at radius 2 is 1.94 bits per heavy atom. The summed E-state index contributed by atoms with van der Waals surface area (Å²) < 4.78 is 59.8. The highest BCUT2D eigenvalue weighted by atomic mass is 19.4. The quantitative estimate of drug-likeness (QED) is 0.393. The summed E-state index contributed by atoms with van der Waals surface area (Å²) in [7, 11) is 0. The molecule has 0 saturated heterocycles. The number of halogens is 3. The minimum Gasteiger partial charge on any atom is -0.486 e. The van der Waals surface area contributed by atoms with E-state index in [1.54, 1.807) is 24.3 Å². The molecule has 2 heterocycles. The van der Waals surface area contributed by atoms with Crippen molar-refractivity contribution in [1.29, 1.82) is 5.26 Å². The molecule has 0 spiro atoms. The van der Waals surface area contributed by atoms with Crippen molar-refractivity contribution in [2.45, 2.75) is 19.3 Å². The van der Waals surface area contributed by atoms with Crippen LogP contribution in [0.2, 0.25) is 0 Å². The Balaban J connectivity index is 1.35. The Labute approximate surface area is 192 Å². The molecule has 1 aliphatic heterocycles. The van der Waals surface area contributed by atoms with Crippen LogP contribution in [0.4, 0.5) is 13.2 Å². The molecule has 3 aromatic rings. The molecule has 2 aromatic carbocycles. The van der Waals surface area contributed by atoms with Crippen LogP contribution in [-0.4, -0.2) is 12.7 Å². The Hall–Kier alpha value is -4.39. The van der Waals surface area contributed by atoms with Crippen LogP contribution in [0, 0.1) is 11.3 Å². The van der Waals surface area contributed by atoms with Gasteiger partial charge in [0.2, 0.25) is 6.79 Å². The van der Waals surface area contributed by atoms with E-state index in [-0.39, 0.29) is 37.0 Å². The van der Waals surface area contributed by atoms with Crippen molar-refractivity contribution in [2.75, 3.05) is 6.79 Å². The number of furan rings is 1. The molecule has 4 rings (SSSR count). The van der Waals surface area contributed by atoms with E-state index in [4.69, 9.17) is 18.6 Å². The monoisotopic (exact) mass is 470 g/mol. The summed E-state index contributed by atoms with van der Waals surface area (Å²) in [5.41, 5.74) is -0.235. The molecular weight excluding hydrogens is 453 g/mol. The summed E-state index contributed by atoms with van der Waals surface area (Å²) in [6.07, 6.45) is -3.21. The van der Waals surface area contributed by atoms with Crippen LogP contribution in [-0.2, 0) is 24.1 Å². The number of benzene rings is 2. The first-order valence-corrected chi connectivity index (χ1v) is 9.99. The topological polar surface area (TPSA) is 93.7 Å². The number of carbonyl (C=O) groups is 1. The minimum atomic E-state index is -4.47. The third-order valence-electron chi connectivity index (χ3n) is 4.77. The van der Waals surface area contributed by atoms with Crippen LogP contribution in [0.15, 0.2) is 64.6 Å². The number of hydrogen-bond acceptors (Lipinski definition) is 6. The molecule has 174 valence electrons. The highest BCUT2D eigenvalue weighted by Crippen LogP contribution is 2.33. The number of fused-ring (bicyclic) bond motifs is 1. The van der Waals surface area contributed by atoms with Gasteiger partial charge in [-0.2, -0.15) is 18.4 Å². The number of amides is 1. The number of carbonyl (C=O) groups excluding carboxylic acids is 1. The number of nitriles is 1. The van der Waals surface area contributed by atoms with Gasteiger partial charge in [0.25, 0.3) is 5.91 Å². The fourth-order valence-corrected chi connectivity index (χ4v) is 3.09. The fourth-order valence-electron chi connectivity index (χ4n) is 3.09. The highest BCUT2D eigenvalue weighted by molar-refractivity contribution is 6.01. The molecule has 0 unspecified atom stereocenters. The lowest BCUT2D eigenvalue weighted by molar-refractivity contribution is -0.137. The molecular formula is C24H17F3N2O5. The first-order valence-electron chi connectivity index (χ1n) is 9.99. The van der Waals surface area contributed by atoms with Gasteiger partial charge in [0.1, 0.15) is 35.5 Å². The van der Waals surface area contributed by atoms with E-state index in [9.17, 15) is 23.2 Å². The maximum Gasteiger partial charge on any atom is 0.416 e. The van der Waals surface area contributed by atoms with Gasteiger partial charge in [-0.05, 0) is 48.0 Å². The van der Waals surface area contributed by atoms with Crippen LogP contribution < -0.4 is 19.5 Å². The normalized spacial score (nSPS) is 12.8. The van der Waals surface area contributed by atoms with Crippen LogP contribution >= 0.6 is 0 Å². The van der Waals surface area contributed by atoms with Gasteiger partial charge in [0, 0.05) is 12.6 Å². The van der Waals surface area contributed by atoms with Gasteiger partial charge in [-0.25, -0.2) is 0 Å². The van der Waals surface area contributed by atoms with Gasteiger partial charge < -0.3 is 23.9 Å². The lowest BCUT2D eigenvalue weighted by Gasteiger charge is -2.09. The number of rotatable bonds is 7. The van der Waals surface area contributed by atoms with E-state index in [0.717, 1.165) is 17.7 Å². The Bertz CT molecular complexity index is 1270. The molecule has 0 aliphatic carbocycles. The highest BCUT2D eigenvalue weighted by Gasteiger charge is 2.30. The van der Waals surface area contributed by atoms with E-state index in [2.05, 4.69) is 5.32 Å².